The standard InChI is InChI=1S/C40H48ClF2IO3/c1-37(2,42)25-12-9-23(10-13-25)28-19-26(38(3,4)43)14-11-24(28)18-34(46)35-36(47)39(5)15-7-6-8-30(39)31(40(35)16-17-40)22-29-32(41)20-27(45)21-33(29)44/h9-14,19-21,24,28,30-31,34,45-47H,6-8,15-18,22H2,1-5H3/t24?,28?,30?,31?,34?,39-/m0/s1. The van der Waals surface area contributed by atoms with Crippen LogP contribution in [0.15, 0.2) is 71.5 Å². The molecule has 4 aliphatic rings. The number of aliphatic hydroxyl groups excluding tert-OH is 2. The van der Waals surface area contributed by atoms with Crippen LogP contribution in [0.4, 0.5) is 8.78 Å². The van der Waals surface area contributed by atoms with Gasteiger partial charge in [-0.15, -0.1) is 0 Å². The van der Waals surface area contributed by atoms with Crippen LogP contribution in [0.2, 0.25) is 5.02 Å². The number of halogens is 4. The fourth-order valence-corrected chi connectivity index (χ4v) is 10.5. The van der Waals surface area contributed by atoms with E-state index in [4.69, 9.17) is 11.6 Å². The molecule has 6 rings (SSSR count). The van der Waals surface area contributed by atoms with E-state index in [1.54, 1.807) is 38.1 Å². The van der Waals surface area contributed by atoms with Crippen LogP contribution >= 0.6 is 34.2 Å². The Kier molecular flexibility index (Phi) is 9.26. The van der Waals surface area contributed by atoms with Gasteiger partial charge in [0.05, 0.1) is 6.10 Å². The first-order chi connectivity index (χ1) is 22.0. The quantitative estimate of drug-likeness (QED) is 0.234. The van der Waals surface area contributed by atoms with E-state index in [0.29, 0.717) is 28.3 Å². The molecule has 0 aliphatic heterocycles. The highest BCUT2D eigenvalue weighted by molar-refractivity contribution is 14.1. The first-order valence-corrected chi connectivity index (χ1v) is 18.6. The maximum absolute atomic E-state index is 15.2. The second-order valence-electron chi connectivity index (χ2n) is 15.9. The number of aromatic hydroxyl groups is 1. The van der Waals surface area contributed by atoms with Crippen molar-refractivity contribution < 1.29 is 24.1 Å². The largest absolute Gasteiger partial charge is 0.512 e. The van der Waals surface area contributed by atoms with Crippen molar-refractivity contribution in [3.05, 3.63) is 96.8 Å². The first kappa shape index (κ1) is 34.9. The highest BCUT2D eigenvalue weighted by atomic mass is 127. The zero-order chi connectivity index (χ0) is 34.1. The number of hydrogen-bond donors (Lipinski definition) is 3. The second-order valence-corrected chi connectivity index (χ2v) is 17.4. The summed E-state index contributed by atoms with van der Waals surface area (Å²) in [6.07, 6.45) is 11.9. The van der Waals surface area contributed by atoms with Crippen LogP contribution in [0, 0.1) is 32.2 Å². The number of fused-ring (bicyclic) bond motifs is 1. The van der Waals surface area contributed by atoms with Gasteiger partial charge in [0.1, 0.15) is 22.8 Å². The van der Waals surface area contributed by atoms with Crippen LogP contribution in [-0.4, -0.2) is 27.1 Å². The summed E-state index contributed by atoms with van der Waals surface area (Å²) in [7, 11) is 0. The number of allylic oxidation sites excluding steroid dienone is 5. The summed E-state index contributed by atoms with van der Waals surface area (Å²) in [5.74, 6) is 0.603. The molecule has 0 heterocycles. The molecule has 4 aliphatic carbocycles. The van der Waals surface area contributed by atoms with E-state index in [9.17, 15) is 19.7 Å². The van der Waals surface area contributed by atoms with Crippen LogP contribution in [0.25, 0.3) is 0 Å². The molecule has 2 aromatic carbocycles. The Balaban J connectivity index is 1.37. The van der Waals surface area contributed by atoms with Gasteiger partial charge in [0.2, 0.25) is 0 Å². The summed E-state index contributed by atoms with van der Waals surface area (Å²) in [6, 6.07) is 10.8. The molecule has 0 saturated heterocycles. The minimum Gasteiger partial charge on any atom is -0.512 e. The summed E-state index contributed by atoms with van der Waals surface area (Å²) in [5, 5.41) is 35.2. The second kappa shape index (κ2) is 12.5. The zero-order valence-electron chi connectivity index (χ0n) is 28.1. The van der Waals surface area contributed by atoms with Gasteiger partial charge in [-0.05, 0) is 141 Å². The Morgan fingerprint density at radius 2 is 1.68 bits per heavy atom. The minimum atomic E-state index is -1.54. The summed E-state index contributed by atoms with van der Waals surface area (Å²) in [5.41, 5.74) is 0.143. The molecule has 0 amide bonds. The van der Waals surface area contributed by atoms with Gasteiger partial charge in [-0.1, -0.05) is 73.9 Å². The highest BCUT2D eigenvalue weighted by Gasteiger charge is 2.64. The molecule has 0 radical (unpaired) electrons. The summed E-state index contributed by atoms with van der Waals surface area (Å²) in [4.78, 5) is 0. The monoisotopic (exact) mass is 776 g/mol. The molecule has 5 unspecified atom stereocenters. The Morgan fingerprint density at radius 1 is 1.00 bits per heavy atom. The third-order valence-electron chi connectivity index (χ3n) is 12.0. The van der Waals surface area contributed by atoms with Crippen LogP contribution in [0.1, 0.15) is 102 Å². The van der Waals surface area contributed by atoms with Gasteiger partial charge in [0.25, 0.3) is 0 Å². The Labute approximate surface area is 297 Å². The lowest BCUT2D eigenvalue weighted by Gasteiger charge is -2.54. The van der Waals surface area contributed by atoms with Crippen molar-refractivity contribution in [2.75, 3.05) is 0 Å². The van der Waals surface area contributed by atoms with Crippen molar-refractivity contribution in [3.8, 4) is 5.75 Å². The molecule has 2 fully saturated rings. The number of phenolic OH excluding ortho intramolecular Hbond substituents is 1. The number of aliphatic hydroxyl groups is 2. The molecule has 2 aromatic rings. The molecule has 2 saturated carbocycles. The predicted molar refractivity (Wildman–Crippen MR) is 194 cm³/mol. The van der Waals surface area contributed by atoms with Crippen molar-refractivity contribution >= 4 is 34.2 Å². The van der Waals surface area contributed by atoms with E-state index in [0.717, 1.165) is 65.2 Å². The van der Waals surface area contributed by atoms with Crippen LogP contribution in [-0.2, 0) is 12.1 Å². The molecule has 254 valence electrons. The van der Waals surface area contributed by atoms with Crippen LogP contribution in [0.3, 0.4) is 0 Å². The van der Waals surface area contributed by atoms with Crippen molar-refractivity contribution in [3.63, 3.8) is 0 Å². The molecule has 3 N–H and O–H groups in total. The van der Waals surface area contributed by atoms with Crippen molar-refractivity contribution in [1.82, 2.24) is 0 Å². The number of hydrogen-bond acceptors (Lipinski definition) is 3. The average molecular weight is 777 g/mol. The maximum Gasteiger partial charge on any atom is 0.130 e. The highest BCUT2D eigenvalue weighted by Crippen LogP contribution is 2.71. The molecule has 0 aromatic heterocycles. The van der Waals surface area contributed by atoms with Crippen molar-refractivity contribution in [2.45, 2.75) is 109 Å². The Hall–Kier alpha value is -1.90. The minimum absolute atomic E-state index is 0.149. The maximum atomic E-state index is 15.2. The van der Waals surface area contributed by atoms with Crippen molar-refractivity contribution in [1.29, 1.82) is 0 Å². The average Bonchev–Trinajstić information content (AvgIpc) is 3.77. The summed E-state index contributed by atoms with van der Waals surface area (Å²) < 4.78 is 30.9. The predicted octanol–water partition coefficient (Wildman–Crippen LogP) is 11.2. The lowest BCUT2D eigenvalue weighted by molar-refractivity contribution is -0.00839. The first-order valence-electron chi connectivity index (χ1n) is 17.1. The Morgan fingerprint density at radius 3 is 2.28 bits per heavy atom. The lowest BCUT2D eigenvalue weighted by Crippen LogP contribution is -2.49. The van der Waals surface area contributed by atoms with Gasteiger partial charge in [0.15, 0.2) is 0 Å². The number of rotatable bonds is 8. The molecular formula is C40H48ClF2IO3. The van der Waals surface area contributed by atoms with Gasteiger partial charge in [-0.2, -0.15) is 0 Å². The van der Waals surface area contributed by atoms with Crippen LogP contribution in [0.5, 0.6) is 5.75 Å². The topological polar surface area (TPSA) is 60.7 Å². The van der Waals surface area contributed by atoms with Crippen LogP contribution < -0.4 is 0 Å². The summed E-state index contributed by atoms with van der Waals surface area (Å²) in [6.45, 7) is 8.35. The smallest absolute Gasteiger partial charge is 0.130 e. The Bertz CT molecular complexity index is 1590. The fraction of sp³-hybridized carbons (Fsp3) is 0.550. The third-order valence-corrected chi connectivity index (χ3v) is 13.3. The normalized spacial score (nSPS) is 29.4. The molecule has 1 spiro atoms. The third kappa shape index (κ3) is 6.45. The van der Waals surface area contributed by atoms with Gasteiger partial charge >= 0.3 is 0 Å². The number of benzene rings is 2. The molecule has 47 heavy (non-hydrogen) atoms. The van der Waals surface area contributed by atoms with Gasteiger partial charge in [0, 0.05) is 30.9 Å². The van der Waals surface area contributed by atoms with E-state index in [1.807, 2.05) is 30.4 Å². The molecule has 7 heteroatoms. The number of alkyl halides is 2. The van der Waals surface area contributed by atoms with Gasteiger partial charge < -0.3 is 15.3 Å². The van der Waals surface area contributed by atoms with Crippen molar-refractivity contribution in [2.24, 2.45) is 28.6 Å². The molecule has 0 bridgehead atoms. The SMILES string of the molecule is CC(C)(F)C1=CC(c2ccc(C(C)(C)F)cc2)C(CC(O)C2=C(O)[C@@]3(C)CCCCC3C(Cc3c(Cl)cc(O)cc3I)C23CC3)C=C1. The zero-order valence-corrected chi connectivity index (χ0v) is 31.0. The lowest BCUT2D eigenvalue weighted by atomic mass is 9.51. The van der Waals surface area contributed by atoms with E-state index in [2.05, 4.69) is 29.5 Å². The van der Waals surface area contributed by atoms with Gasteiger partial charge in [-0.25, -0.2) is 8.78 Å². The molecular weight excluding hydrogens is 729 g/mol. The van der Waals surface area contributed by atoms with E-state index < -0.39 is 22.9 Å². The summed E-state index contributed by atoms with van der Waals surface area (Å²) >= 11 is 9.01. The van der Waals surface area contributed by atoms with Gasteiger partial charge in [-0.3, -0.25) is 0 Å². The van der Waals surface area contributed by atoms with E-state index in [1.165, 1.54) is 13.8 Å². The fourth-order valence-electron chi connectivity index (χ4n) is 9.20. The molecule has 6 atom stereocenters. The van der Waals surface area contributed by atoms with E-state index in [-0.39, 0.29) is 34.8 Å². The molecule has 3 nitrogen and oxygen atoms in total. The van der Waals surface area contributed by atoms with E-state index >= 15 is 4.39 Å². The number of phenols is 1.